The Hall–Kier alpha value is -1.96. The molecular weight excluding hydrogens is 332 g/mol. The largest absolute Gasteiger partial charge is 0.497 e. The molecule has 0 N–H and O–H groups in total. The molecule has 2 atom stereocenters. The molecule has 2 saturated heterocycles. The number of aromatic nitrogens is 3. The summed E-state index contributed by atoms with van der Waals surface area (Å²) in [4.78, 5) is 2.44. The summed E-state index contributed by atoms with van der Waals surface area (Å²) in [6.07, 6.45) is 4.54. The minimum absolute atomic E-state index is 0.207. The summed E-state index contributed by atoms with van der Waals surface area (Å²) in [6, 6.07) is 8.28. The predicted molar refractivity (Wildman–Crippen MR) is 95.9 cm³/mol. The zero-order chi connectivity index (χ0) is 17.8. The third-order valence-corrected chi connectivity index (χ3v) is 5.22. The van der Waals surface area contributed by atoms with Gasteiger partial charge in [-0.15, -0.1) is 10.2 Å². The van der Waals surface area contributed by atoms with Gasteiger partial charge in [-0.25, -0.2) is 0 Å². The summed E-state index contributed by atoms with van der Waals surface area (Å²) in [6.45, 7) is 5.80. The first-order valence-electron chi connectivity index (χ1n) is 9.14. The molecule has 1 aromatic heterocycles. The molecule has 0 unspecified atom stereocenters. The lowest BCUT2D eigenvalue weighted by Crippen LogP contribution is -2.43. The van der Waals surface area contributed by atoms with Crippen LogP contribution in [0.15, 0.2) is 36.9 Å². The second kappa shape index (κ2) is 7.73. The molecule has 7 heteroatoms. The van der Waals surface area contributed by atoms with Crippen molar-refractivity contribution in [1.82, 2.24) is 19.7 Å². The van der Waals surface area contributed by atoms with Crippen LogP contribution in [-0.4, -0.2) is 65.3 Å². The molecule has 4 rings (SSSR count). The van der Waals surface area contributed by atoms with Gasteiger partial charge >= 0.3 is 0 Å². The van der Waals surface area contributed by atoms with Crippen molar-refractivity contribution in [3.05, 3.63) is 42.5 Å². The second-order valence-electron chi connectivity index (χ2n) is 7.33. The van der Waals surface area contributed by atoms with Gasteiger partial charge in [0.05, 0.1) is 26.9 Å². The molecule has 26 heavy (non-hydrogen) atoms. The van der Waals surface area contributed by atoms with Gasteiger partial charge < -0.3 is 18.8 Å². The standard InChI is InChI=1S/C19H26N4O3/c1-24-18-4-2-16(3-5-18)9-22-6-7-25-13-19(12-22)8-17(11-26-19)10-23-14-20-21-15-23/h2-5,14-15,17H,6-13H2,1H3/t17-,19+/m0/s1. The molecule has 1 aromatic carbocycles. The quantitative estimate of drug-likeness (QED) is 0.809. The van der Waals surface area contributed by atoms with Gasteiger partial charge in [-0.2, -0.15) is 0 Å². The molecule has 0 saturated carbocycles. The summed E-state index contributed by atoms with van der Waals surface area (Å²) in [5.74, 6) is 1.36. The zero-order valence-electron chi connectivity index (χ0n) is 15.2. The topological polar surface area (TPSA) is 61.6 Å². The van der Waals surface area contributed by atoms with Gasteiger partial charge in [0.1, 0.15) is 24.0 Å². The van der Waals surface area contributed by atoms with Gasteiger partial charge in [0, 0.05) is 32.1 Å². The maximum Gasteiger partial charge on any atom is 0.119 e. The smallest absolute Gasteiger partial charge is 0.119 e. The fraction of sp³-hybridized carbons (Fsp3) is 0.579. The highest BCUT2D eigenvalue weighted by Gasteiger charge is 2.43. The van der Waals surface area contributed by atoms with Crippen molar-refractivity contribution in [1.29, 1.82) is 0 Å². The molecule has 0 amide bonds. The Morgan fingerprint density at radius 1 is 1.23 bits per heavy atom. The molecule has 1 spiro atoms. The Kier molecular flexibility index (Phi) is 5.19. The number of hydrogen-bond donors (Lipinski definition) is 0. The van der Waals surface area contributed by atoms with Crippen molar-refractivity contribution >= 4 is 0 Å². The van der Waals surface area contributed by atoms with Gasteiger partial charge in [0.25, 0.3) is 0 Å². The van der Waals surface area contributed by atoms with E-state index in [1.54, 1.807) is 19.8 Å². The molecule has 2 aliphatic rings. The second-order valence-corrected chi connectivity index (χ2v) is 7.33. The summed E-state index contributed by atoms with van der Waals surface area (Å²) in [5.41, 5.74) is 1.07. The fourth-order valence-electron chi connectivity index (χ4n) is 3.99. The summed E-state index contributed by atoms with van der Waals surface area (Å²) in [5, 5.41) is 7.77. The minimum atomic E-state index is -0.207. The number of methoxy groups -OCH3 is 1. The Labute approximate surface area is 153 Å². The number of ether oxygens (including phenoxy) is 3. The van der Waals surface area contributed by atoms with E-state index < -0.39 is 0 Å². The lowest BCUT2D eigenvalue weighted by molar-refractivity contribution is -0.0563. The maximum absolute atomic E-state index is 6.29. The summed E-state index contributed by atoms with van der Waals surface area (Å²) in [7, 11) is 1.69. The van der Waals surface area contributed by atoms with Gasteiger partial charge in [-0.1, -0.05) is 12.1 Å². The fourth-order valence-corrected chi connectivity index (χ4v) is 3.99. The van der Waals surface area contributed by atoms with Crippen LogP contribution in [-0.2, 0) is 22.6 Å². The van der Waals surface area contributed by atoms with E-state index in [-0.39, 0.29) is 5.60 Å². The van der Waals surface area contributed by atoms with Crippen LogP contribution in [0.2, 0.25) is 0 Å². The van der Waals surface area contributed by atoms with Gasteiger partial charge in [-0.05, 0) is 24.1 Å². The summed E-state index contributed by atoms with van der Waals surface area (Å²) >= 11 is 0. The first-order valence-corrected chi connectivity index (χ1v) is 9.14. The van der Waals surface area contributed by atoms with E-state index in [4.69, 9.17) is 14.2 Å². The van der Waals surface area contributed by atoms with Crippen LogP contribution >= 0.6 is 0 Å². The Balaban J connectivity index is 1.39. The normalized spacial score (nSPS) is 26.9. The van der Waals surface area contributed by atoms with Crippen molar-refractivity contribution in [3.8, 4) is 5.75 Å². The highest BCUT2D eigenvalue weighted by molar-refractivity contribution is 5.27. The van der Waals surface area contributed by atoms with E-state index >= 15 is 0 Å². The maximum atomic E-state index is 6.29. The van der Waals surface area contributed by atoms with E-state index in [0.717, 1.165) is 51.6 Å². The molecule has 140 valence electrons. The molecule has 2 aliphatic heterocycles. The van der Waals surface area contributed by atoms with Crippen LogP contribution < -0.4 is 4.74 Å². The Morgan fingerprint density at radius 2 is 2.04 bits per heavy atom. The van der Waals surface area contributed by atoms with Crippen LogP contribution in [0, 0.1) is 5.92 Å². The Morgan fingerprint density at radius 3 is 2.81 bits per heavy atom. The monoisotopic (exact) mass is 358 g/mol. The van der Waals surface area contributed by atoms with Gasteiger partial charge in [0.15, 0.2) is 0 Å². The van der Waals surface area contributed by atoms with E-state index in [2.05, 4.69) is 27.2 Å². The molecule has 0 radical (unpaired) electrons. The van der Waals surface area contributed by atoms with E-state index in [1.165, 1.54) is 5.56 Å². The first kappa shape index (κ1) is 17.5. The van der Waals surface area contributed by atoms with Gasteiger partial charge in [-0.3, -0.25) is 4.90 Å². The molecule has 2 fully saturated rings. The molecular formula is C19H26N4O3. The third kappa shape index (κ3) is 4.06. The SMILES string of the molecule is COc1ccc(CN2CCOC[C@@]3(C[C@@H](Cn4cnnc4)CO3)C2)cc1. The van der Waals surface area contributed by atoms with Crippen LogP contribution in [0.1, 0.15) is 12.0 Å². The molecule has 2 aromatic rings. The molecule has 0 bridgehead atoms. The zero-order valence-corrected chi connectivity index (χ0v) is 15.2. The average molecular weight is 358 g/mol. The average Bonchev–Trinajstić information content (AvgIpc) is 3.25. The van der Waals surface area contributed by atoms with Crippen molar-refractivity contribution in [2.45, 2.75) is 25.1 Å². The first-order chi connectivity index (χ1) is 12.7. The van der Waals surface area contributed by atoms with Crippen molar-refractivity contribution in [2.24, 2.45) is 5.92 Å². The minimum Gasteiger partial charge on any atom is -0.497 e. The third-order valence-electron chi connectivity index (χ3n) is 5.22. The Bertz CT molecular complexity index is 691. The number of hydrogen-bond acceptors (Lipinski definition) is 6. The van der Waals surface area contributed by atoms with Crippen molar-refractivity contribution in [2.75, 3.05) is 40.0 Å². The van der Waals surface area contributed by atoms with E-state index in [1.807, 2.05) is 16.7 Å². The van der Waals surface area contributed by atoms with Crippen LogP contribution in [0.3, 0.4) is 0 Å². The van der Waals surface area contributed by atoms with Gasteiger partial charge in [0.2, 0.25) is 0 Å². The van der Waals surface area contributed by atoms with Crippen molar-refractivity contribution in [3.63, 3.8) is 0 Å². The number of rotatable bonds is 5. The highest BCUT2D eigenvalue weighted by Crippen LogP contribution is 2.34. The lowest BCUT2D eigenvalue weighted by atomic mass is 9.94. The van der Waals surface area contributed by atoms with E-state index in [0.29, 0.717) is 12.5 Å². The van der Waals surface area contributed by atoms with Crippen LogP contribution in [0.5, 0.6) is 5.75 Å². The van der Waals surface area contributed by atoms with Crippen LogP contribution in [0.25, 0.3) is 0 Å². The molecule has 3 heterocycles. The lowest BCUT2D eigenvalue weighted by Gasteiger charge is -2.31. The summed E-state index contributed by atoms with van der Waals surface area (Å²) < 4.78 is 19.5. The highest BCUT2D eigenvalue weighted by atomic mass is 16.5. The van der Waals surface area contributed by atoms with Crippen molar-refractivity contribution < 1.29 is 14.2 Å². The van der Waals surface area contributed by atoms with Crippen LogP contribution in [0.4, 0.5) is 0 Å². The molecule has 7 nitrogen and oxygen atoms in total. The predicted octanol–water partition coefficient (Wildman–Crippen LogP) is 1.59. The molecule has 0 aliphatic carbocycles. The van der Waals surface area contributed by atoms with E-state index in [9.17, 15) is 0 Å². The number of nitrogens with zero attached hydrogens (tertiary/aromatic N) is 4. The number of benzene rings is 1.